The number of carboxylic acids is 1. The summed E-state index contributed by atoms with van der Waals surface area (Å²) < 4.78 is 28.9. The SMILES string of the molecule is CCCN(C(=O)c1cc(C)c(OCC(=O)O)c(C)c1)C1CCS(=O)(=O)C1. The van der Waals surface area contributed by atoms with Gasteiger partial charge in [-0.1, -0.05) is 6.92 Å². The van der Waals surface area contributed by atoms with Gasteiger partial charge in [-0.25, -0.2) is 13.2 Å². The highest BCUT2D eigenvalue weighted by Crippen LogP contribution is 2.27. The van der Waals surface area contributed by atoms with Crippen molar-refractivity contribution in [3.05, 3.63) is 28.8 Å². The van der Waals surface area contributed by atoms with Crippen LogP contribution >= 0.6 is 0 Å². The number of carbonyl (C=O) groups excluding carboxylic acids is 1. The first-order chi connectivity index (χ1) is 12.1. The van der Waals surface area contributed by atoms with E-state index in [2.05, 4.69) is 0 Å². The Kier molecular flexibility index (Phi) is 6.28. The lowest BCUT2D eigenvalue weighted by atomic mass is 10.0. The number of nitrogens with zero attached hydrogens (tertiary/aromatic N) is 1. The van der Waals surface area contributed by atoms with E-state index in [1.807, 2.05) is 6.92 Å². The van der Waals surface area contributed by atoms with Gasteiger partial charge in [-0.15, -0.1) is 0 Å². The summed E-state index contributed by atoms with van der Waals surface area (Å²) in [6.45, 7) is 5.50. The van der Waals surface area contributed by atoms with Gasteiger partial charge in [-0.2, -0.15) is 0 Å². The van der Waals surface area contributed by atoms with Crippen LogP contribution in [0.4, 0.5) is 0 Å². The van der Waals surface area contributed by atoms with Gasteiger partial charge >= 0.3 is 5.97 Å². The first kappa shape index (κ1) is 20.2. The number of sulfone groups is 1. The zero-order valence-electron chi connectivity index (χ0n) is 15.3. The number of carboxylic acid groups (broad SMARTS) is 1. The van der Waals surface area contributed by atoms with Crippen LogP contribution in [0.5, 0.6) is 5.75 Å². The van der Waals surface area contributed by atoms with Crippen molar-refractivity contribution in [2.24, 2.45) is 0 Å². The average Bonchev–Trinajstić information content (AvgIpc) is 2.90. The van der Waals surface area contributed by atoms with Crippen molar-refractivity contribution in [3.63, 3.8) is 0 Å². The van der Waals surface area contributed by atoms with Gasteiger partial charge in [-0.3, -0.25) is 4.79 Å². The third kappa shape index (κ3) is 4.75. The van der Waals surface area contributed by atoms with Crippen molar-refractivity contribution in [2.75, 3.05) is 24.7 Å². The maximum atomic E-state index is 13.0. The van der Waals surface area contributed by atoms with Crippen LogP contribution in [0.2, 0.25) is 0 Å². The number of aliphatic carboxylic acids is 1. The van der Waals surface area contributed by atoms with Gasteiger partial charge in [0.15, 0.2) is 16.4 Å². The number of hydrogen-bond donors (Lipinski definition) is 1. The molecule has 1 aliphatic heterocycles. The zero-order chi connectivity index (χ0) is 19.5. The fraction of sp³-hybridized carbons (Fsp3) is 0.556. The van der Waals surface area contributed by atoms with Gasteiger partial charge in [-0.05, 0) is 49.9 Å². The van der Waals surface area contributed by atoms with Crippen LogP contribution in [0.15, 0.2) is 12.1 Å². The molecule has 0 radical (unpaired) electrons. The molecule has 0 bridgehead atoms. The van der Waals surface area contributed by atoms with Crippen molar-refractivity contribution in [3.8, 4) is 5.75 Å². The topological polar surface area (TPSA) is 101 Å². The largest absolute Gasteiger partial charge is 0.481 e. The third-order valence-corrected chi connectivity index (χ3v) is 6.17. The van der Waals surface area contributed by atoms with Crippen LogP contribution in [0.3, 0.4) is 0 Å². The molecule has 1 saturated heterocycles. The van der Waals surface area contributed by atoms with E-state index in [0.717, 1.165) is 6.42 Å². The van der Waals surface area contributed by atoms with Gasteiger partial charge in [0.1, 0.15) is 5.75 Å². The van der Waals surface area contributed by atoms with Crippen molar-refractivity contribution < 1.29 is 27.9 Å². The molecule has 0 aliphatic carbocycles. The molecule has 144 valence electrons. The number of rotatable bonds is 7. The maximum Gasteiger partial charge on any atom is 0.341 e. The predicted molar refractivity (Wildman–Crippen MR) is 97.4 cm³/mol. The second-order valence-electron chi connectivity index (χ2n) is 6.68. The summed E-state index contributed by atoms with van der Waals surface area (Å²) in [5.74, 6) is -0.693. The zero-order valence-corrected chi connectivity index (χ0v) is 16.1. The summed E-state index contributed by atoms with van der Waals surface area (Å²) >= 11 is 0. The highest BCUT2D eigenvalue weighted by atomic mass is 32.2. The summed E-state index contributed by atoms with van der Waals surface area (Å²) in [6, 6.07) is 3.04. The van der Waals surface area contributed by atoms with Crippen LogP contribution < -0.4 is 4.74 Å². The van der Waals surface area contributed by atoms with Gasteiger partial charge < -0.3 is 14.7 Å². The lowest BCUT2D eigenvalue weighted by Gasteiger charge is -2.28. The molecular weight excluding hydrogens is 358 g/mol. The molecule has 1 amide bonds. The van der Waals surface area contributed by atoms with Gasteiger partial charge in [0.2, 0.25) is 0 Å². The second-order valence-corrected chi connectivity index (χ2v) is 8.91. The summed E-state index contributed by atoms with van der Waals surface area (Å²) in [7, 11) is -3.08. The third-order valence-electron chi connectivity index (χ3n) is 4.42. The van der Waals surface area contributed by atoms with E-state index >= 15 is 0 Å². The Bertz CT molecular complexity index is 779. The summed E-state index contributed by atoms with van der Waals surface area (Å²) in [5.41, 5.74) is 1.80. The van der Waals surface area contributed by atoms with E-state index in [9.17, 15) is 18.0 Å². The standard InChI is InChI=1S/C18H25NO6S/c1-4-6-19(15-5-7-26(23,24)11-15)18(22)14-8-12(2)17(13(3)9-14)25-10-16(20)21/h8-9,15H,4-7,10-11H2,1-3H3,(H,20,21). The fourth-order valence-electron chi connectivity index (χ4n) is 3.31. The molecule has 1 heterocycles. The Hall–Kier alpha value is -2.09. The van der Waals surface area contributed by atoms with Gasteiger partial charge in [0, 0.05) is 18.2 Å². The van der Waals surface area contributed by atoms with Crippen LogP contribution in [0, 0.1) is 13.8 Å². The number of aryl methyl sites for hydroxylation is 2. The summed E-state index contributed by atoms with van der Waals surface area (Å²) in [4.78, 5) is 25.4. The predicted octanol–water partition coefficient (Wildman–Crippen LogP) is 1.81. The normalized spacial score (nSPS) is 18.5. The minimum atomic E-state index is -3.08. The Morgan fingerprint density at radius 3 is 2.35 bits per heavy atom. The van der Waals surface area contributed by atoms with Gasteiger partial charge in [0.25, 0.3) is 5.91 Å². The monoisotopic (exact) mass is 383 g/mol. The number of hydrogen-bond acceptors (Lipinski definition) is 5. The quantitative estimate of drug-likeness (QED) is 0.771. The van der Waals surface area contributed by atoms with Crippen LogP contribution in [0.25, 0.3) is 0 Å². The van der Waals surface area contributed by atoms with Crippen molar-refractivity contribution in [1.29, 1.82) is 0 Å². The fourth-order valence-corrected chi connectivity index (χ4v) is 5.04. The van der Waals surface area contributed by atoms with E-state index < -0.39 is 22.4 Å². The molecule has 1 fully saturated rings. The van der Waals surface area contributed by atoms with E-state index in [4.69, 9.17) is 9.84 Å². The Morgan fingerprint density at radius 2 is 1.88 bits per heavy atom. The molecular formula is C18H25NO6S. The molecule has 0 saturated carbocycles. The molecule has 2 rings (SSSR count). The lowest BCUT2D eigenvalue weighted by Crippen LogP contribution is -2.41. The molecule has 1 aromatic rings. The van der Waals surface area contributed by atoms with Crippen LogP contribution in [-0.2, 0) is 14.6 Å². The van der Waals surface area contributed by atoms with Gasteiger partial charge in [0.05, 0.1) is 11.5 Å². The molecule has 1 unspecified atom stereocenters. The molecule has 0 spiro atoms. The molecule has 8 heteroatoms. The molecule has 7 nitrogen and oxygen atoms in total. The van der Waals surface area contributed by atoms with Crippen molar-refractivity contribution >= 4 is 21.7 Å². The van der Waals surface area contributed by atoms with Crippen LogP contribution in [0.1, 0.15) is 41.3 Å². The summed E-state index contributed by atoms with van der Waals surface area (Å²) in [5, 5.41) is 8.76. The van der Waals surface area contributed by atoms with Crippen molar-refractivity contribution in [2.45, 2.75) is 39.7 Å². The van der Waals surface area contributed by atoms with E-state index in [1.54, 1.807) is 30.9 Å². The second kappa shape index (κ2) is 8.07. The first-order valence-electron chi connectivity index (χ1n) is 8.62. The average molecular weight is 383 g/mol. The number of carbonyl (C=O) groups is 2. The molecule has 1 aliphatic rings. The first-order valence-corrected chi connectivity index (χ1v) is 10.4. The molecule has 0 aromatic heterocycles. The number of ether oxygens (including phenoxy) is 1. The Balaban J connectivity index is 2.27. The Labute approximate surface area is 153 Å². The minimum absolute atomic E-state index is 0.0104. The number of amides is 1. The highest BCUT2D eigenvalue weighted by Gasteiger charge is 2.34. The maximum absolute atomic E-state index is 13.0. The minimum Gasteiger partial charge on any atom is -0.481 e. The van der Waals surface area contributed by atoms with Crippen LogP contribution in [-0.4, -0.2) is 61.0 Å². The molecule has 1 atom stereocenters. The Morgan fingerprint density at radius 1 is 1.27 bits per heavy atom. The lowest BCUT2D eigenvalue weighted by molar-refractivity contribution is -0.139. The smallest absolute Gasteiger partial charge is 0.341 e. The molecule has 1 aromatic carbocycles. The number of benzene rings is 1. The highest BCUT2D eigenvalue weighted by molar-refractivity contribution is 7.91. The molecule has 1 N–H and O–H groups in total. The van der Waals surface area contributed by atoms with E-state index in [0.29, 0.717) is 35.4 Å². The summed E-state index contributed by atoms with van der Waals surface area (Å²) in [6.07, 6.45) is 1.20. The van der Waals surface area contributed by atoms with E-state index in [-0.39, 0.29) is 23.5 Å². The van der Waals surface area contributed by atoms with Crippen molar-refractivity contribution in [1.82, 2.24) is 4.90 Å². The molecule has 26 heavy (non-hydrogen) atoms. The van der Waals surface area contributed by atoms with E-state index in [1.165, 1.54) is 0 Å².